The number of aliphatic imine (C=N–C) groups is 1. The number of nitrogens with zero attached hydrogens (tertiary/aromatic N) is 3. The van der Waals surface area contributed by atoms with Crippen molar-refractivity contribution in [1.29, 1.82) is 0 Å². The van der Waals surface area contributed by atoms with Gasteiger partial charge in [-0.3, -0.25) is 14.6 Å². The predicted octanol–water partition coefficient (Wildman–Crippen LogP) is 2.56. The second-order valence-corrected chi connectivity index (χ2v) is 5.97. The summed E-state index contributed by atoms with van der Waals surface area (Å²) in [5.41, 5.74) is 1.24. The monoisotopic (exact) mass is 340 g/mol. The van der Waals surface area contributed by atoms with Crippen molar-refractivity contribution in [2.75, 3.05) is 11.9 Å². The van der Waals surface area contributed by atoms with E-state index in [-0.39, 0.29) is 12.3 Å². The topological polar surface area (TPSA) is 96.6 Å². The minimum absolute atomic E-state index is 0.106. The molecule has 1 atom stereocenters. The third-order valence-corrected chi connectivity index (χ3v) is 4.27. The van der Waals surface area contributed by atoms with Crippen LogP contribution in [-0.2, 0) is 11.3 Å². The van der Waals surface area contributed by atoms with E-state index in [1.165, 1.54) is 6.34 Å². The molecule has 0 bridgehead atoms. The molecule has 0 spiro atoms. The van der Waals surface area contributed by atoms with Gasteiger partial charge in [0.15, 0.2) is 5.69 Å². The molecule has 7 heteroatoms. The Morgan fingerprint density at radius 1 is 1.28 bits per heavy atom. The van der Waals surface area contributed by atoms with Crippen LogP contribution >= 0.6 is 0 Å². The van der Waals surface area contributed by atoms with Crippen molar-refractivity contribution >= 4 is 23.9 Å². The Bertz CT molecular complexity index is 783. The number of fused-ring (bicyclic) bond motifs is 1. The van der Waals surface area contributed by atoms with Crippen LogP contribution in [0.3, 0.4) is 0 Å². The van der Waals surface area contributed by atoms with Gasteiger partial charge in [-0.05, 0) is 18.4 Å². The van der Waals surface area contributed by atoms with E-state index in [1.54, 1.807) is 6.33 Å². The van der Waals surface area contributed by atoms with Crippen molar-refractivity contribution in [2.24, 2.45) is 4.99 Å². The first-order valence-corrected chi connectivity index (χ1v) is 8.27. The number of carboxylic acid groups (broad SMARTS) is 1. The Labute approximate surface area is 145 Å². The lowest BCUT2D eigenvalue weighted by Crippen LogP contribution is -2.12. The molecule has 2 aromatic rings. The second-order valence-electron chi connectivity index (χ2n) is 5.97. The van der Waals surface area contributed by atoms with Gasteiger partial charge in [0, 0.05) is 6.54 Å². The van der Waals surface area contributed by atoms with Gasteiger partial charge in [-0.15, -0.1) is 0 Å². The molecule has 1 aliphatic rings. The summed E-state index contributed by atoms with van der Waals surface area (Å²) in [6.45, 7) is 0.770. The van der Waals surface area contributed by atoms with Crippen molar-refractivity contribution in [1.82, 2.24) is 9.55 Å². The number of imidazole rings is 1. The average molecular weight is 340 g/mol. The lowest BCUT2D eigenvalue weighted by atomic mass is 9.94. The van der Waals surface area contributed by atoms with Crippen LogP contribution < -0.4 is 5.32 Å². The van der Waals surface area contributed by atoms with Gasteiger partial charge in [-0.25, -0.2) is 4.98 Å². The highest BCUT2D eigenvalue weighted by atomic mass is 16.4. The number of benzene rings is 1. The summed E-state index contributed by atoms with van der Waals surface area (Å²) in [7, 11) is 0. The van der Waals surface area contributed by atoms with Crippen LogP contribution in [0.15, 0.2) is 41.7 Å². The molecule has 3 rings (SSSR count). The zero-order valence-electron chi connectivity index (χ0n) is 13.8. The third kappa shape index (κ3) is 3.93. The van der Waals surface area contributed by atoms with Crippen LogP contribution in [0.2, 0.25) is 0 Å². The summed E-state index contributed by atoms with van der Waals surface area (Å²) >= 11 is 0. The minimum atomic E-state index is -0.800. The Kier molecular flexibility index (Phi) is 5.23. The molecule has 25 heavy (non-hydrogen) atoms. The van der Waals surface area contributed by atoms with Gasteiger partial charge >= 0.3 is 5.97 Å². The number of aliphatic carboxylic acids is 1. The second kappa shape index (κ2) is 7.74. The molecule has 7 nitrogen and oxygen atoms in total. The third-order valence-electron chi connectivity index (χ3n) is 4.27. The number of hydrogen-bond acceptors (Lipinski definition) is 5. The molecule has 0 aliphatic carbocycles. The van der Waals surface area contributed by atoms with Crippen molar-refractivity contribution in [3.05, 3.63) is 47.9 Å². The number of aromatic nitrogens is 2. The van der Waals surface area contributed by atoms with E-state index in [0.717, 1.165) is 18.4 Å². The molecule has 1 aliphatic heterocycles. The molecule has 130 valence electrons. The Morgan fingerprint density at radius 2 is 2.08 bits per heavy atom. The van der Waals surface area contributed by atoms with Gasteiger partial charge in [0.2, 0.25) is 5.78 Å². The maximum absolute atomic E-state index is 11.9. The fraction of sp³-hybridized carbons (Fsp3) is 0.333. The van der Waals surface area contributed by atoms with Gasteiger partial charge in [0.25, 0.3) is 0 Å². The van der Waals surface area contributed by atoms with E-state index >= 15 is 0 Å². The summed E-state index contributed by atoms with van der Waals surface area (Å²) in [4.78, 5) is 31.5. The standard InChI is InChI=1S/C18H20N4O3/c23-15-10-19-11-20-17-16(15)21-12-22(17)9-5-4-8-14(18(24)25)13-6-2-1-3-7-13/h1-3,6-7,11-12,14H,4-5,8-10H2,(H,19,20)(H,24,25). The molecule has 2 N–H and O–H groups in total. The van der Waals surface area contributed by atoms with E-state index in [1.807, 2.05) is 34.9 Å². The van der Waals surface area contributed by atoms with Gasteiger partial charge in [0.05, 0.1) is 18.6 Å². The predicted molar refractivity (Wildman–Crippen MR) is 94.2 cm³/mol. The first-order valence-electron chi connectivity index (χ1n) is 8.27. The first kappa shape index (κ1) is 16.9. The van der Waals surface area contributed by atoms with Gasteiger partial charge in [0.1, 0.15) is 12.4 Å². The molecule has 1 aromatic carbocycles. The molecule has 0 saturated heterocycles. The Balaban J connectivity index is 1.57. The van der Waals surface area contributed by atoms with Gasteiger partial charge in [-0.2, -0.15) is 0 Å². The number of Topliss-reactive ketones (excluding diaryl/α,β-unsaturated/α-hetero) is 1. The van der Waals surface area contributed by atoms with E-state index in [9.17, 15) is 14.7 Å². The maximum Gasteiger partial charge on any atom is 0.310 e. The molecule has 0 radical (unpaired) electrons. The van der Waals surface area contributed by atoms with E-state index < -0.39 is 11.9 Å². The van der Waals surface area contributed by atoms with Crippen molar-refractivity contribution in [3.8, 4) is 0 Å². The average Bonchev–Trinajstić information content (AvgIpc) is 2.92. The largest absolute Gasteiger partial charge is 0.481 e. The summed E-state index contributed by atoms with van der Waals surface area (Å²) in [6, 6.07) is 9.30. The van der Waals surface area contributed by atoms with Crippen LogP contribution in [0.1, 0.15) is 41.2 Å². The van der Waals surface area contributed by atoms with E-state index in [0.29, 0.717) is 24.5 Å². The molecule has 0 amide bonds. The number of aryl methyl sites for hydroxylation is 1. The Hall–Kier alpha value is -2.96. The number of hydrogen-bond donors (Lipinski definition) is 2. The maximum atomic E-state index is 11.9. The summed E-state index contributed by atoms with van der Waals surface area (Å²) in [5, 5.41) is 12.4. The van der Waals surface area contributed by atoms with Crippen LogP contribution in [0.4, 0.5) is 5.82 Å². The van der Waals surface area contributed by atoms with Gasteiger partial charge in [-0.1, -0.05) is 36.8 Å². The minimum Gasteiger partial charge on any atom is -0.481 e. The lowest BCUT2D eigenvalue weighted by Gasteiger charge is -2.13. The zero-order chi connectivity index (χ0) is 17.6. The molecular formula is C18H20N4O3. The lowest BCUT2D eigenvalue weighted by molar-refractivity contribution is -0.139. The molecular weight excluding hydrogens is 320 g/mol. The summed E-state index contributed by atoms with van der Waals surface area (Å²) in [5.74, 6) is -0.742. The highest BCUT2D eigenvalue weighted by Crippen LogP contribution is 2.23. The Morgan fingerprint density at radius 3 is 2.84 bits per heavy atom. The number of carbonyl (C=O) groups excluding carboxylic acids is 1. The molecule has 1 unspecified atom stereocenters. The van der Waals surface area contributed by atoms with Crippen molar-refractivity contribution < 1.29 is 14.7 Å². The van der Waals surface area contributed by atoms with Crippen LogP contribution in [-0.4, -0.2) is 39.3 Å². The van der Waals surface area contributed by atoms with Crippen LogP contribution in [0.25, 0.3) is 0 Å². The SMILES string of the molecule is O=C1CN=CNc2c1ncn2CCCCC(C(=O)O)c1ccccc1. The first-order chi connectivity index (χ1) is 12.2. The number of carbonyl (C=O) groups is 2. The van der Waals surface area contributed by atoms with Gasteiger partial charge < -0.3 is 15.0 Å². The van der Waals surface area contributed by atoms with Crippen molar-refractivity contribution in [3.63, 3.8) is 0 Å². The number of unbranched alkanes of at least 4 members (excludes halogenated alkanes) is 1. The number of ketones is 1. The highest BCUT2D eigenvalue weighted by Gasteiger charge is 2.20. The quantitative estimate of drug-likeness (QED) is 0.755. The fourth-order valence-electron chi connectivity index (χ4n) is 2.97. The van der Waals surface area contributed by atoms with Crippen LogP contribution in [0.5, 0.6) is 0 Å². The van der Waals surface area contributed by atoms with Crippen LogP contribution in [0, 0.1) is 0 Å². The van der Waals surface area contributed by atoms with Crippen molar-refractivity contribution in [2.45, 2.75) is 31.7 Å². The van der Waals surface area contributed by atoms with E-state index in [2.05, 4.69) is 15.3 Å². The normalized spacial score (nSPS) is 14.5. The molecule has 1 aromatic heterocycles. The molecule has 2 heterocycles. The summed E-state index contributed by atoms with van der Waals surface area (Å²) < 4.78 is 1.88. The highest BCUT2D eigenvalue weighted by molar-refractivity contribution is 6.03. The number of carboxylic acids is 1. The number of anilines is 1. The number of rotatable bonds is 7. The fourth-order valence-corrected chi connectivity index (χ4v) is 2.97. The number of nitrogens with one attached hydrogen (secondary N) is 1. The summed E-state index contributed by atoms with van der Waals surface area (Å²) in [6.07, 6.45) is 5.29. The molecule has 0 saturated carbocycles. The molecule has 0 fully saturated rings. The smallest absolute Gasteiger partial charge is 0.310 e. The van der Waals surface area contributed by atoms with E-state index in [4.69, 9.17) is 0 Å². The zero-order valence-corrected chi connectivity index (χ0v) is 13.8.